The average Bonchev–Trinajstić information content (AvgIpc) is 3.58. The van der Waals surface area contributed by atoms with Crippen LogP contribution in [0.15, 0.2) is 48.5 Å². The van der Waals surface area contributed by atoms with Crippen molar-refractivity contribution in [1.82, 2.24) is 40.4 Å². The summed E-state index contributed by atoms with van der Waals surface area (Å²) >= 11 is 0. The molecule has 0 aliphatic rings. The number of imidazole rings is 1. The number of benzene rings is 2. The van der Waals surface area contributed by atoms with E-state index in [1.165, 1.54) is 0 Å². The lowest BCUT2D eigenvalue weighted by molar-refractivity contribution is 0.219. The molecule has 5 rings (SSSR count). The first-order chi connectivity index (χ1) is 18.9. The molecule has 0 aliphatic heterocycles. The maximum atomic E-state index is 6.10. The summed E-state index contributed by atoms with van der Waals surface area (Å²) in [6, 6.07) is 16.6. The van der Waals surface area contributed by atoms with Crippen molar-refractivity contribution in [2.45, 2.75) is 72.6 Å². The zero-order chi connectivity index (χ0) is 27.4. The van der Waals surface area contributed by atoms with Crippen LogP contribution in [0.1, 0.15) is 58.8 Å². The first kappa shape index (κ1) is 26.3. The number of rotatable bonds is 11. The number of fused-ring (bicyclic) bond motifs is 1. The van der Waals surface area contributed by atoms with Gasteiger partial charge < -0.3 is 14.0 Å². The van der Waals surface area contributed by atoms with E-state index in [0.29, 0.717) is 29.6 Å². The molecule has 0 atom stereocenters. The van der Waals surface area contributed by atoms with Crippen LogP contribution in [0.25, 0.3) is 33.5 Å². The molecule has 0 amide bonds. The molecule has 3 aromatic heterocycles. The number of H-pyrrole nitrogens is 1. The number of hydrogen-bond donors (Lipinski definition) is 1. The van der Waals surface area contributed by atoms with Gasteiger partial charge in [0.25, 0.3) is 11.8 Å². The second-order valence-corrected chi connectivity index (χ2v) is 10.0. The van der Waals surface area contributed by atoms with Crippen molar-refractivity contribution in [3.63, 3.8) is 0 Å². The molecular weight excluding hydrogens is 492 g/mol. The molecule has 0 unspecified atom stereocenters. The summed E-state index contributed by atoms with van der Waals surface area (Å²) in [7, 11) is 0. The number of nitrogens with zero attached hydrogens (tertiary/aromatic N) is 7. The fourth-order valence-electron chi connectivity index (χ4n) is 4.53. The first-order valence-electron chi connectivity index (χ1n) is 13.5. The molecule has 0 saturated carbocycles. The standard InChI is InChI=1S/C29H34N8O2/c1-6-7-12-24-30-25-26(29(39-19(4)5)34-33-28(25)38-18(2)3)37(24)17-20-13-15-21(16-14-20)22-10-8-9-11-23(22)27-31-35-36-32-27/h8-11,13-16,18-19H,6-7,12,17H2,1-5H3,(H,31,32,35,36). The van der Waals surface area contributed by atoms with Crippen LogP contribution in [0.5, 0.6) is 11.8 Å². The van der Waals surface area contributed by atoms with Gasteiger partial charge in [0, 0.05) is 18.5 Å². The van der Waals surface area contributed by atoms with Crippen LogP contribution in [-0.2, 0) is 13.0 Å². The molecule has 5 aromatic rings. The predicted molar refractivity (Wildman–Crippen MR) is 150 cm³/mol. The molecule has 10 nitrogen and oxygen atoms in total. The summed E-state index contributed by atoms with van der Waals surface area (Å²) in [4.78, 5) is 5.01. The van der Waals surface area contributed by atoms with Gasteiger partial charge >= 0.3 is 0 Å². The molecule has 2 aromatic carbocycles. The topological polar surface area (TPSA) is 117 Å². The smallest absolute Gasteiger partial charge is 0.262 e. The summed E-state index contributed by atoms with van der Waals surface area (Å²) in [5, 5.41) is 23.3. The molecule has 0 saturated heterocycles. The van der Waals surface area contributed by atoms with E-state index >= 15 is 0 Å². The molecular formula is C29H34N8O2. The summed E-state index contributed by atoms with van der Waals surface area (Å²) in [6.07, 6.45) is 2.82. The molecule has 39 heavy (non-hydrogen) atoms. The van der Waals surface area contributed by atoms with Gasteiger partial charge in [0.15, 0.2) is 5.52 Å². The number of tetrazole rings is 1. The Morgan fingerprint density at radius 1 is 0.846 bits per heavy atom. The van der Waals surface area contributed by atoms with Crippen LogP contribution in [-0.4, -0.2) is 52.6 Å². The van der Waals surface area contributed by atoms with Crippen molar-refractivity contribution in [3.8, 4) is 34.3 Å². The largest absolute Gasteiger partial charge is 0.472 e. The predicted octanol–water partition coefficient (Wildman–Crippen LogP) is 5.64. The SMILES string of the molecule is CCCCc1nc2c(OC(C)C)nnc(OC(C)C)c2n1Cc1ccc(-c2ccccc2-c2nn[nH]n2)cc1. The molecule has 0 bridgehead atoms. The Morgan fingerprint density at radius 2 is 1.54 bits per heavy atom. The minimum atomic E-state index is -0.0552. The fourth-order valence-corrected chi connectivity index (χ4v) is 4.53. The number of unbranched alkanes of at least 4 members (excludes halogenated alkanes) is 1. The van der Waals surface area contributed by atoms with Crippen LogP contribution in [0.4, 0.5) is 0 Å². The van der Waals surface area contributed by atoms with Gasteiger partial charge in [-0.05, 0) is 56.0 Å². The zero-order valence-corrected chi connectivity index (χ0v) is 23.0. The Balaban J connectivity index is 1.55. The Morgan fingerprint density at radius 3 is 2.21 bits per heavy atom. The van der Waals surface area contributed by atoms with Gasteiger partial charge in [-0.1, -0.05) is 61.9 Å². The molecule has 202 valence electrons. The van der Waals surface area contributed by atoms with Crippen LogP contribution in [0.3, 0.4) is 0 Å². The summed E-state index contributed by atoms with van der Waals surface area (Å²) < 4.78 is 14.3. The maximum absolute atomic E-state index is 6.10. The number of hydrogen-bond acceptors (Lipinski definition) is 8. The van der Waals surface area contributed by atoms with Crippen molar-refractivity contribution in [1.29, 1.82) is 0 Å². The van der Waals surface area contributed by atoms with Crippen molar-refractivity contribution in [2.75, 3.05) is 0 Å². The number of aromatic nitrogens is 8. The first-order valence-corrected chi connectivity index (χ1v) is 13.5. The van der Waals surface area contributed by atoms with Gasteiger partial charge in [0.2, 0.25) is 5.82 Å². The molecule has 3 heterocycles. The molecule has 0 aliphatic carbocycles. The van der Waals surface area contributed by atoms with Crippen LogP contribution >= 0.6 is 0 Å². The average molecular weight is 527 g/mol. The number of aryl methyl sites for hydroxylation is 1. The minimum Gasteiger partial charge on any atom is -0.472 e. The minimum absolute atomic E-state index is 0.0496. The summed E-state index contributed by atoms with van der Waals surface area (Å²) in [6.45, 7) is 10.7. The van der Waals surface area contributed by atoms with Gasteiger partial charge in [-0.25, -0.2) is 4.98 Å². The van der Waals surface area contributed by atoms with Gasteiger partial charge in [0.05, 0.1) is 12.2 Å². The molecule has 10 heteroatoms. The van der Waals surface area contributed by atoms with Crippen LogP contribution in [0.2, 0.25) is 0 Å². The van der Waals surface area contributed by atoms with Crippen molar-refractivity contribution < 1.29 is 9.47 Å². The number of nitrogens with one attached hydrogen (secondary N) is 1. The third-order valence-corrected chi connectivity index (χ3v) is 6.25. The van der Waals surface area contributed by atoms with E-state index in [-0.39, 0.29) is 12.2 Å². The Bertz CT molecular complexity index is 1530. The second-order valence-electron chi connectivity index (χ2n) is 10.0. The van der Waals surface area contributed by atoms with E-state index in [9.17, 15) is 0 Å². The monoisotopic (exact) mass is 526 g/mol. The fraction of sp³-hybridized carbons (Fsp3) is 0.379. The van der Waals surface area contributed by atoms with Crippen LogP contribution < -0.4 is 9.47 Å². The lowest BCUT2D eigenvalue weighted by Gasteiger charge is -2.15. The highest BCUT2D eigenvalue weighted by atomic mass is 16.5. The van der Waals surface area contributed by atoms with Gasteiger partial charge in [0.1, 0.15) is 11.3 Å². The number of ether oxygens (including phenoxy) is 2. The third-order valence-electron chi connectivity index (χ3n) is 6.25. The van der Waals surface area contributed by atoms with E-state index < -0.39 is 0 Å². The van der Waals surface area contributed by atoms with Crippen molar-refractivity contribution >= 4 is 11.0 Å². The second kappa shape index (κ2) is 11.6. The zero-order valence-electron chi connectivity index (χ0n) is 23.0. The summed E-state index contributed by atoms with van der Waals surface area (Å²) in [5.41, 5.74) is 5.67. The lowest BCUT2D eigenvalue weighted by Crippen LogP contribution is -2.13. The van der Waals surface area contributed by atoms with E-state index in [1.54, 1.807) is 0 Å². The van der Waals surface area contributed by atoms with Crippen LogP contribution in [0, 0.1) is 0 Å². The summed E-state index contributed by atoms with van der Waals surface area (Å²) in [5.74, 6) is 2.44. The Hall–Kier alpha value is -4.34. The molecule has 0 fully saturated rings. The highest BCUT2D eigenvalue weighted by Crippen LogP contribution is 2.33. The van der Waals surface area contributed by atoms with Gasteiger partial charge in [-0.15, -0.1) is 20.4 Å². The molecule has 0 spiro atoms. The van der Waals surface area contributed by atoms with Gasteiger partial charge in [-0.2, -0.15) is 5.21 Å². The van der Waals surface area contributed by atoms with E-state index in [2.05, 4.69) is 72.6 Å². The Kier molecular flexibility index (Phi) is 7.81. The van der Waals surface area contributed by atoms with Crippen molar-refractivity contribution in [3.05, 3.63) is 59.9 Å². The Labute approximate surface area is 227 Å². The molecule has 0 radical (unpaired) electrons. The highest BCUT2D eigenvalue weighted by molar-refractivity contribution is 5.85. The normalized spacial score (nSPS) is 11.6. The number of aromatic amines is 1. The molecule has 1 N–H and O–H groups in total. The van der Waals surface area contributed by atoms with E-state index in [1.807, 2.05) is 45.9 Å². The maximum Gasteiger partial charge on any atom is 0.262 e. The highest BCUT2D eigenvalue weighted by Gasteiger charge is 2.23. The van der Waals surface area contributed by atoms with Gasteiger partial charge in [-0.3, -0.25) is 0 Å². The van der Waals surface area contributed by atoms with E-state index in [4.69, 9.17) is 14.5 Å². The lowest BCUT2D eigenvalue weighted by atomic mass is 9.98. The van der Waals surface area contributed by atoms with Crippen molar-refractivity contribution in [2.24, 2.45) is 0 Å². The quantitative estimate of drug-likeness (QED) is 0.235. The third kappa shape index (κ3) is 5.74. The van der Waals surface area contributed by atoms with E-state index in [0.717, 1.165) is 52.9 Å².